The lowest BCUT2D eigenvalue weighted by molar-refractivity contribution is 0.0695. The second-order valence-electron chi connectivity index (χ2n) is 8.46. The van der Waals surface area contributed by atoms with Crippen LogP contribution in [0, 0.1) is 11.7 Å². The van der Waals surface area contributed by atoms with Gasteiger partial charge in [-0.1, -0.05) is 18.0 Å². The number of nitrogens with zero attached hydrogens (tertiary/aromatic N) is 3. The summed E-state index contributed by atoms with van der Waals surface area (Å²) < 4.78 is 30.2. The number of methoxy groups -OCH3 is 1. The number of halogens is 1. The van der Waals surface area contributed by atoms with Gasteiger partial charge in [0.05, 0.1) is 19.6 Å². The molecule has 2 aromatic rings. The van der Waals surface area contributed by atoms with Gasteiger partial charge >= 0.3 is 0 Å². The van der Waals surface area contributed by atoms with Crippen LogP contribution in [0.25, 0.3) is 0 Å². The van der Waals surface area contributed by atoms with Gasteiger partial charge in [-0.15, -0.1) is 0 Å². The Kier molecular flexibility index (Phi) is 7.17. The van der Waals surface area contributed by atoms with Crippen molar-refractivity contribution in [3.8, 4) is 5.75 Å². The Morgan fingerprint density at radius 3 is 2.87 bits per heavy atom. The summed E-state index contributed by atoms with van der Waals surface area (Å²) in [6.45, 7) is 2.51. The molecule has 2 aliphatic rings. The first kappa shape index (κ1) is 21.7. The molecule has 1 aliphatic carbocycles. The molecule has 2 heterocycles. The lowest BCUT2D eigenvalue weighted by atomic mass is 9.97. The molecular weight excluding hydrogens is 401 g/mol. The van der Waals surface area contributed by atoms with Crippen molar-refractivity contribution in [2.45, 2.75) is 50.9 Å². The van der Waals surface area contributed by atoms with Crippen LogP contribution in [0.1, 0.15) is 66.5 Å². The van der Waals surface area contributed by atoms with Gasteiger partial charge in [0.25, 0.3) is 5.91 Å². The third kappa shape index (κ3) is 5.42. The zero-order chi connectivity index (χ0) is 21.6. The van der Waals surface area contributed by atoms with Crippen molar-refractivity contribution in [1.82, 2.24) is 15.0 Å². The number of carbonyl (C=O) groups is 1. The molecule has 0 bridgehead atoms. The van der Waals surface area contributed by atoms with Gasteiger partial charge in [0.2, 0.25) is 5.89 Å². The average molecular weight is 432 g/mol. The lowest BCUT2D eigenvalue weighted by Crippen LogP contribution is -2.39. The number of hydrogen-bond acceptors (Lipinski definition) is 6. The van der Waals surface area contributed by atoms with E-state index in [1.54, 1.807) is 11.0 Å². The van der Waals surface area contributed by atoms with Gasteiger partial charge in [0.15, 0.2) is 17.4 Å². The fraction of sp³-hybridized carbons (Fsp3) is 0.609. The van der Waals surface area contributed by atoms with Crippen LogP contribution in [0.3, 0.4) is 0 Å². The Labute approximate surface area is 181 Å². The van der Waals surface area contributed by atoms with Crippen LogP contribution in [-0.2, 0) is 11.2 Å². The summed E-state index contributed by atoms with van der Waals surface area (Å²) in [4.78, 5) is 19.1. The van der Waals surface area contributed by atoms with Crippen molar-refractivity contribution in [3.63, 3.8) is 0 Å². The van der Waals surface area contributed by atoms with Gasteiger partial charge in [0.1, 0.15) is 0 Å². The maximum absolute atomic E-state index is 14.0. The fourth-order valence-corrected chi connectivity index (χ4v) is 4.47. The van der Waals surface area contributed by atoms with Gasteiger partial charge in [-0.3, -0.25) is 4.79 Å². The summed E-state index contributed by atoms with van der Waals surface area (Å²) in [6, 6.07) is 4.29. The molecule has 1 aromatic heterocycles. The van der Waals surface area contributed by atoms with Crippen LogP contribution in [-0.4, -0.2) is 54.4 Å². The van der Waals surface area contributed by atoms with Crippen LogP contribution >= 0.6 is 0 Å². The van der Waals surface area contributed by atoms with Gasteiger partial charge in [-0.25, -0.2) is 4.39 Å². The van der Waals surface area contributed by atoms with Crippen molar-refractivity contribution in [3.05, 3.63) is 41.3 Å². The van der Waals surface area contributed by atoms with E-state index in [1.165, 1.54) is 44.9 Å². The Hall–Kier alpha value is -2.48. The number of rotatable bonds is 8. The van der Waals surface area contributed by atoms with Crippen LogP contribution in [0.15, 0.2) is 22.7 Å². The number of benzene rings is 1. The highest BCUT2D eigenvalue weighted by atomic mass is 19.1. The minimum atomic E-state index is -0.543. The summed E-state index contributed by atoms with van der Waals surface area (Å²) in [5.74, 6) is 1.27. The molecule has 1 atom stereocenters. The smallest absolute Gasteiger partial charge is 0.253 e. The number of amides is 1. The molecule has 0 radical (unpaired) electrons. The van der Waals surface area contributed by atoms with Crippen molar-refractivity contribution in [1.29, 1.82) is 0 Å². The van der Waals surface area contributed by atoms with E-state index in [0.29, 0.717) is 49.3 Å². The molecule has 1 aliphatic heterocycles. The molecule has 1 saturated heterocycles. The van der Waals surface area contributed by atoms with E-state index in [4.69, 9.17) is 14.0 Å². The molecule has 1 aromatic carbocycles. The standard InChI is InChI=1S/C23H30FN3O4/c1-29-20-9-8-17(13-19(20)24)23(28)27-11-4-7-18(14-27)22-25-21(26-31-22)10-12-30-15-16-5-2-3-6-16/h8-9,13,16,18H,2-7,10-12,14-15H2,1H3. The summed E-state index contributed by atoms with van der Waals surface area (Å²) in [6.07, 6.45) is 7.50. The van der Waals surface area contributed by atoms with Crippen molar-refractivity contribution >= 4 is 5.91 Å². The van der Waals surface area contributed by atoms with E-state index in [-0.39, 0.29) is 17.6 Å². The Balaban J connectivity index is 1.30. The zero-order valence-electron chi connectivity index (χ0n) is 18.0. The normalized spacial score (nSPS) is 19.7. The highest BCUT2D eigenvalue weighted by molar-refractivity contribution is 5.94. The first-order chi connectivity index (χ1) is 15.1. The molecule has 4 rings (SSSR count). The quantitative estimate of drug-likeness (QED) is 0.588. The second kappa shape index (κ2) is 10.2. The largest absolute Gasteiger partial charge is 0.494 e. The Bertz CT molecular complexity index is 881. The van der Waals surface area contributed by atoms with Gasteiger partial charge < -0.3 is 18.9 Å². The fourth-order valence-electron chi connectivity index (χ4n) is 4.47. The summed E-state index contributed by atoms with van der Waals surface area (Å²) in [5.41, 5.74) is 0.310. The lowest BCUT2D eigenvalue weighted by Gasteiger charge is -2.31. The third-order valence-electron chi connectivity index (χ3n) is 6.24. The Morgan fingerprint density at radius 2 is 2.10 bits per heavy atom. The van der Waals surface area contributed by atoms with Crippen LogP contribution in [0.5, 0.6) is 5.75 Å². The second-order valence-corrected chi connectivity index (χ2v) is 8.46. The van der Waals surface area contributed by atoms with E-state index < -0.39 is 5.82 Å². The van der Waals surface area contributed by atoms with Crippen molar-refractivity contribution in [2.24, 2.45) is 5.92 Å². The minimum Gasteiger partial charge on any atom is -0.494 e. The number of piperidine rings is 1. The number of carbonyl (C=O) groups excluding carboxylic acids is 1. The van der Waals surface area contributed by atoms with Crippen LogP contribution in [0.2, 0.25) is 0 Å². The molecule has 2 fully saturated rings. The van der Waals surface area contributed by atoms with Crippen molar-refractivity contribution < 1.29 is 23.2 Å². The first-order valence-electron chi connectivity index (χ1n) is 11.2. The summed E-state index contributed by atoms with van der Waals surface area (Å²) in [7, 11) is 1.40. The van der Waals surface area contributed by atoms with Gasteiger partial charge in [-0.05, 0) is 49.8 Å². The molecule has 1 saturated carbocycles. The molecule has 168 valence electrons. The zero-order valence-corrected chi connectivity index (χ0v) is 18.0. The van der Waals surface area contributed by atoms with Crippen molar-refractivity contribution in [2.75, 3.05) is 33.4 Å². The van der Waals surface area contributed by atoms with E-state index in [2.05, 4.69) is 10.1 Å². The van der Waals surface area contributed by atoms with Crippen LogP contribution < -0.4 is 4.74 Å². The molecule has 0 N–H and O–H groups in total. The number of hydrogen-bond donors (Lipinski definition) is 0. The molecular formula is C23H30FN3O4. The average Bonchev–Trinajstić information content (AvgIpc) is 3.48. The molecule has 1 unspecified atom stereocenters. The summed E-state index contributed by atoms with van der Waals surface area (Å²) >= 11 is 0. The topological polar surface area (TPSA) is 77.7 Å². The molecule has 31 heavy (non-hydrogen) atoms. The molecule has 1 amide bonds. The summed E-state index contributed by atoms with van der Waals surface area (Å²) in [5, 5.41) is 4.09. The molecule has 0 spiro atoms. The number of ether oxygens (including phenoxy) is 2. The van der Waals surface area contributed by atoms with Gasteiger partial charge in [-0.2, -0.15) is 4.98 Å². The van der Waals surface area contributed by atoms with Gasteiger partial charge in [0, 0.05) is 31.7 Å². The SMILES string of the molecule is COc1ccc(C(=O)N2CCCC(c3nc(CCOCC4CCCC4)no3)C2)cc1F. The van der Waals surface area contributed by atoms with E-state index in [1.807, 2.05) is 0 Å². The monoisotopic (exact) mass is 431 g/mol. The predicted molar refractivity (Wildman–Crippen MR) is 112 cm³/mol. The van der Waals surface area contributed by atoms with E-state index in [0.717, 1.165) is 19.4 Å². The predicted octanol–water partition coefficient (Wildman–Crippen LogP) is 3.99. The Morgan fingerprint density at radius 1 is 1.26 bits per heavy atom. The highest BCUT2D eigenvalue weighted by Crippen LogP contribution is 2.28. The minimum absolute atomic E-state index is 0.0125. The van der Waals surface area contributed by atoms with E-state index >= 15 is 0 Å². The molecule has 7 nitrogen and oxygen atoms in total. The maximum atomic E-state index is 14.0. The number of aromatic nitrogens is 2. The maximum Gasteiger partial charge on any atom is 0.253 e. The molecule has 8 heteroatoms. The van der Waals surface area contributed by atoms with E-state index in [9.17, 15) is 9.18 Å². The highest BCUT2D eigenvalue weighted by Gasteiger charge is 2.29. The third-order valence-corrected chi connectivity index (χ3v) is 6.24. The number of likely N-dealkylation sites (tertiary alicyclic amines) is 1. The first-order valence-corrected chi connectivity index (χ1v) is 11.2. The van der Waals surface area contributed by atoms with Crippen LogP contribution in [0.4, 0.5) is 4.39 Å².